The highest BCUT2D eigenvalue weighted by Crippen LogP contribution is 2.26. The molecule has 19 heavy (non-hydrogen) atoms. The molecule has 0 aliphatic carbocycles. The van der Waals surface area contributed by atoms with E-state index in [4.69, 9.17) is 16.3 Å². The highest BCUT2D eigenvalue weighted by atomic mass is 35.5. The van der Waals surface area contributed by atoms with Crippen molar-refractivity contribution in [2.24, 2.45) is 0 Å². The zero-order valence-corrected chi connectivity index (χ0v) is 10.9. The van der Waals surface area contributed by atoms with Gasteiger partial charge in [-0.1, -0.05) is 17.7 Å². The van der Waals surface area contributed by atoms with Crippen LogP contribution in [0.15, 0.2) is 30.7 Å². The van der Waals surface area contributed by atoms with E-state index < -0.39 is 5.82 Å². The molecule has 6 heteroatoms. The quantitative estimate of drug-likeness (QED) is 0.918. The van der Waals surface area contributed by atoms with E-state index in [0.29, 0.717) is 18.8 Å². The van der Waals surface area contributed by atoms with Crippen molar-refractivity contribution in [3.8, 4) is 5.69 Å². The molecule has 1 unspecified atom stereocenters. The second kappa shape index (κ2) is 5.28. The Morgan fingerprint density at radius 2 is 2.37 bits per heavy atom. The molecule has 1 fully saturated rings. The van der Waals surface area contributed by atoms with Crippen molar-refractivity contribution in [2.45, 2.75) is 6.10 Å². The monoisotopic (exact) mass is 281 g/mol. The summed E-state index contributed by atoms with van der Waals surface area (Å²) in [6.45, 7) is 2.15. The Bertz CT molecular complexity index is 581. The minimum Gasteiger partial charge on any atom is -0.369 e. The molecule has 1 aliphatic heterocycles. The third-order valence-electron chi connectivity index (χ3n) is 3.12. The first-order valence-corrected chi connectivity index (χ1v) is 6.44. The molecule has 2 heterocycles. The van der Waals surface area contributed by atoms with Crippen LogP contribution in [0.3, 0.4) is 0 Å². The largest absolute Gasteiger partial charge is 0.369 e. The van der Waals surface area contributed by atoms with Gasteiger partial charge in [-0.25, -0.2) is 9.37 Å². The van der Waals surface area contributed by atoms with Crippen LogP contribution in [0.4, 0.5) is 4.39 Å². The third-order valence-corrected chi connectivity index (χ3v) is 3.41. The van der Waals surface area contributed by atoms with E-state index in [0.717, 1.165) is 12.2 Å². The van der Waals surface area contributed by atoms with Crippen molar-refractivity contribution in [3.05, 3.63) is 47.3 Å². The van der Waals surface area contributed by atoms with Crippen LogP contribution in [0.2, 0.25) is 5.02 Å². The molecule has 0 radical (unpaired) electrons. The minimum absolute atomic E-state index is 0.0971. The van der Waals surface area contributed by atoms with Crippen LogP contribution < -0.4 is 5.32 Å². The molecular weight excluding hydrogens is 269 g/mol. The number of nitrogens with zero attached hydrogens (tertiary/aromatic N) is 2. The van der Waals surface area contributed by atoms with Gasteiger partial charge in [0.15, 0.2) is 5.82 Å². The lowest BCUT2D eigenvalue weighted by atomic mass is 10.2. The Balaban J connectivity index is 2.01. The number of hydrogen-bond donors (Lipinski definition) is 1. The summed E-state index contributed by atoms with van der Waals surface area (Å²) < 4.78 is 21.4. The molecule has 1 aromatic carbocycles. The van der Waals surface area contributed by atoms with Crippen LogP contribution in [0.1, 0.15) is 11.8 Å². The van der Waals surface area contributed by atoms with Crippen LogP contribution in [0, 0.1) is 5.82 Å². The standard InChI is InChI=1S/C13H13ClFN3O/c14-9-2-1-3-10(13(9)15)18-8-17-6-11(18)12-7-16-4-5-19-12/h1-3,6,8,12,16H,4-5,7H2. The Morgan fingerprint density at radius 3 is 3.16 bits per heavy atom. The lowest BCUT2D eigenvalue weighted by Crippen LogP contribution is -2.34. The van der Waals surface area contributed by atoms with Crippen LogP contribution >= 0.6 is 11.6 Å². The molecule has 0 saturated carbocycles. The van der Waals surface area contributed by atoms with Gasteiger partial charge in [0.25, 0.3) is 0 Å². The van der Waals surface area contributed by atoms with E-state index in [2.05, 4.69) is 10.3 Å². The van der Waals surface area contributed by atoms with E-state index in [9.17, 15) is 4.39 Å². The van der Waals surface area contributed by atoms with Gasteiger partial charge >= 0.3 is 0 Å². The van der Waals surface area contributed by atoms with Crippen LogP contribution in [-0.4, -0.2) is 29.2 Å². The van der Waals surface area contributed by atoms with E-state index >= 15 is 0 Å². The van der Waals surface area contributed by atoms with Crippen molar-refractivity contribution in [3.63, 3.8) is 0 Å². The average molecular weight is 282 g/mol. The number of imidazole rings is 1. The number of rotatable bonds is 2. The SMILES string of the molecule is Fc1c(Cl)cccc1-n1cncc1C1CNCCO1. The molecule has 0 amide bonds. The van der Waals surface area contributed by atoms with E-state index in [1.54, 1.807) is 29.2 Å². The number of morpholine rings is 1. The van der Waals surface area contributed by atoms with Crippen LogP contribution in [0.25, 0.3) is 5.69 Å². The predicted octanol–water partition coefficient (Wildman–Crippen LogP) is 2.33. The molecule has 100 valence electrons. The van der Waals surface area contributed by atoms with Crippen molar-refractivity contribution < 1.29 is 9.13 Å². The second-order valence-corrected chi connectivity index (χ2v) is 4.73. The first-order chi connectivity index (χ1) is 9.27. The van der Waals surface area contributed by atoms with Crippen LogP contribution in [-0.2, 0) is 4.74 Å². The molecule has 3 rings (SSSR count). The highest BCUT2D eigenvalue weighted by molar-refractivity contribution is 6.30. The maximum atomic E-state index is 14.1. The maximum absolute atomic E-state index is 14.1. The van der Waals surface area contributed by atoms with Crippen molar-refractivity contribution in [1.29, 1.82) is 0 Å². The zero-order chi connectivity index (χ0) is 13.2. The Hall–Kier alpha value is -1.43. The number of aromatic nitrogens is 2. The van der Waals surface area contributed by atoms with Crippen molar-refractivity contribution >= 4 is 11.6 Å². The molecule has 0 bridgehead atoms. The van der Waals surface area contributed by atoms with Gasteiger partial charge in [0, 0.05) is 13.1 Å². The number of hydrogen-bond acceptors (Lipinski definition) is 3. The molecule has 0 spiro atoms. The highest BCUT2D eigenvalue weighted by Gasteiger charge is 2.21. The molecule has 2 aromatic rings. The molecule has 4 nitrogen and oxygen atoms in total. The first kappa shape index (κ1) is 12.6. The average Bonchev–Trinajstić information content (AvgIpc) is 2.92. The van der Waals surface area contributed by atoms with Gasteiger partial charge in [-0.05, 0) is 12.1 Å². The Labute approximate surface area is 115 Å². The maximum Gasteiger partial charge on any atom is 0.165 e. The Kier molecular flexibility index (Phi) is 3.50. The third kappa shape index (κ3) is 2.36. The Morgan fingerprint density at radius 1 is 1.47 bits per heavy atom. The fraction of sp³-hybridized carbons (Fsp3) is 0.308. The van der Waals surface area contributed by atoms with Gasteiger partial charge < -0.3 is 10.1 Å². The van der Waals surface area contributed by atoms with Gasteiger partial charge in [-0.3, -0.25) is 4.57 Å². The van der Waals surface area contributed by atoms with Crippen molar-refractivity contribution in [2.75, 3.05) is 19.7 Å². The van der Waals surface area contributed by atoms with E-state index in [1.807, 2.05) is 0 Å². The van der Waals surface area contributed by atoms with E-state index in [-0.39, 0.29) is 11.1 Å². The number of halogens is 2. The van der Waals surface area contributed by atoms with Gasteiger partial charge in [0.05, 0.1) is 35.5 Å². The summed E-state index contributed by atoms with van der Waals surface area (Å²) in [6, 6.07) is 4.91. The fourth-order valence-electron chi connectivity index (χ4n) is 2.18. The van der Waals surface area contributed by atoms with E-state index in [1.165, 1.54) is 6.07 Å². The predicted molar refractivity (Wildman–Crippen MR) is 70.1 cm³/mol. The van der Waals surface area contributed by atoms with Gasteiger partial charge in [-0.15, -0.1) is 0 Å². The van der Waals surface area contributed by atoms with Crippen LogP contribution in [0.5, 0.6) is 0 Å². The normalized spacial score (nSPS) is 19.6. The first-order valence-electron chi connectivity index (χ1n) is 6.06. The molecular formula is C13H13ClFN3O. The summed E-state index contributed by atoms with van der Waals surface area (Å²) in [5.74, 6) is -0.452. The van der Waals surface area contributed by atoms with Gasteiger partial charge in [0.2, 0.25) is 0 Å². The fourth-order valence-corrected chi connectivity index (χ4v) is 2.35. The summed E-state index contributed by atoms with van der Waals surface area (Å²) >= 11 is 5.82. The number of nitrogens with one attached hydrogen (secondary N) is 1. The minimum atomic E-state index is -0.452. The summed E-state index contributed by atoms with van der Waals surface area (Å²) in [4.78, 5) is 4.09. The van der Waals surface area contributed by atoms with Gasteiger partial charge in [-0.2, -0.15) is 0 Å². The molecule has 1 N–H and O–H groups in total. The number of benzene rings is 1. The topological polar surface area (TPSA) is 39.1 Å². The second-order valence-electron chi connectivity index (χ2n) is 4.33. The summed E-state index contributed by atoms with van der Waals surface area (Å²) in [6.07, 6.45) is 3.13. The lowest BCUT2D eigenvalue weighted by Gasteiger charge is -2.24. The summed E-state index contributed by atoms with van der Waals surface area (Å²) in [5, 5.41) is 3.34. The zero-order valence-electron chi connectivity index (χ0n) is 10.1. The smallest absolute Gasteiger partial charge is 0.165 e. The molecule has 1 aromatic heterocycles. The molecule has 1 atom stereocenters. The summed E-state index contributed by atoms with van der Waals surface area (Å²) in [5.41, 5.74) is 1.20. The lowest BCUT2D eigenvalue weighted by molar-refractivity contribution is 0.0240. The van der Waals surface area contributed by atoms with Gasteiger partial charge in [0.1, 0.15) is 6.10 Å². The van der Waals surface area contributed by atoms with Crippen molar-refractivity contribution in [1.82, 2.24) is 14.9 Å². The summed E-state index contributed by atoms with van der Waals surface area (Å²) in [7, 11) is 0. The molecule has 1 saturated heterocycles. The number of ether oxygens (including phenoxy) is 1. The molecule has 1 aliphatic rings.